The first-order chi connectivity index (χ1) is 15.9. The minimum Gasteiger partial charge on any atom is -0.465 e. The van der Waals surface area contributed by atoms with Crippen molar-refractivity contribution < 1.29 is 19.1 Å². The molecule has 0 aliphatic rings. The Morgan fingerprint density at radius 2 is 1.73 bits per heavy atom. The van der Waals surface area contributed by atoms with Crippen LogP contribution in [0.15, 0.2) is 78.9 Å². The zero-order valence-electron chi connectivity index (χ0n) is 18.0. The number of ether oxygens (including phenoxy) is 1. The molecule has 0 spiro atoms. The Kier molecular flexibility index (Phi) is 7.45. The van der Waals surface area contributed by atoms with Gasteiger partial charge in [-0.25, -0.2) is 4.79 Å². The van der Waals surface area contributed by atoms with Crippen LogP contribution in [0.25, 0.3) is 0 Å². The number of nitrogen functional groups attached to an aromatic ring is 1. The molecule has 0 fully saturated rings. The quantitative estimate of drug-likeness (QED) is 0.333. The molecule has 3 aromatic rings. The van der Waals surface area contributed by atoms with Crippen LogP contribution in [0.3, 0.4) is 0 Å². The van der Waals surface area contributed by atoms with Crippen molar-refractivity contribution in [2.24, 2.45) is 0 Å². The third-order valence-electron chi connectivity index (χ3n) is 4.95. The van der Waals surface area contributed by atoms with Crippen LogP contribution in [0, 0.1) is 12.3 Å². The molecule has 1 atom stereocenters. The highest BCUT2D eigenvalue weighted by atomic mass is 16.5. The van der Waals surface area contributed by atoms with Crippen LogP contribution in [0.2, 0.25) is 0 Å². The number of nitrogens with two attached hydrogens (primary N) is 1. The van der Waals surface area contributed by atoms with Crippen molar-refractivity contribution in [3.8, 4) is 12.3 Å². The number of carbonyl (C=O) groups excluding carboxylic acids is 3. The highest BCUT2D eigenvalue weighted by Crippen LogP contribution is 2.29. The lowest BCUT2D eigenvalue weighted by molar-refractivity contribution is -0.125. The summed E-state index contributed by atoms with van der Waals surface area (Å²) in [7, 11) is 1.28. The first-order valence-corrected chi connectivity index (χ1v) is 10.1. The van der Waals surface area contributed by atoms with Crippen molar-refractivity contribution in [1.82, 2.24) is 5.32 Å². The molecule has 166 valence electrons. The lowest BCUT2D eigenvalue weighted by Gasteiger charge is -2.30. The van der Waals surface area contributed by atoms with E-state index in [4.69, 9.17) is 16.9 Å². The molecule has 7 heteroatoms. The summed E-state index contributed by atoms with van der Waals surface area (Å²) in [6.07, 6.45) is 5.45. The average Bonchev–Trinajstić information content (AvgIpc) is 2.85. The van der Waals surface area contributed by atoms with E-state index < -0.39 is 23.8 Å². The number of hydrogen-bond donors (Lipinski definition) is 2. The summed E-state index contributed by atoms with van der Waals surface area (Å²) in [5.41, 5.74) is 8.40. The van der Waals surface area contributed by atoms with Gasteiger partial charge in [-0.15, -0.1) is 6.42 Å². The van der Waals surface area contributed by atoms with Crippen LogP contribution in [-0.2, 0) is 20.9 Å². The van der Waals surface area contributed by atoms with Gasteiger partial charge in [0.05, 0.1) is 12.7 Å². The van der Waals surface area contributed by atoms with Gasteiger partial charge >= 0.3 is 11.9 Å². The maximum Gasteiger partial charge on any atom is 0.337 e. The molecule has 0 saturated heterocycles. The number of esters is 1. The Hall–Kier alpha value is -4.57. The van der Waals surface area contributed by atoms with Crippen molar-refractivity contribution in [2.75, 3.05) is 17.7 Å². The maximum atomic E-state index is 13.4. The number of benzene rings is 3. The number of hydrogen-bond acceptors (Lipinski definition) is 5. The summed E-state index contributed by atoms with van der Waals surface area (Å²) in [5, 5.41) is 2.87. The second kappa shape index (κ2) is 10.6. The zero-order chi connectivity index (χ0) is 23.8. The monoisotopic (exact) mass is 441 g/mol. The van der Waals surface area contributed by atoms with Crippen LogP contribution in [0.4, 0.5) is 11.4 Å². The van der Waals surface area contributed by atoms with Crippen LogP contribution >= 0.6 is 0 Å². The molecule has 1 unspecified atom stereocenters. The number of rotatable bonds is 7. The lowest BCUT2D eigenvalue weighted by atomic mass is 10.0. The molecular formula is C26H23N3O4. The smallest absolute Gasteiger partial charge is 0.337 e. The number of nitrogens with zero attached hydrogens (tertiary/aromatic N) is 1. The van der Waals surface area contributed by atoms with Gasteiger partial charge < -0.3 is 15.8 Å². The van der Waals surface area contributed by atoms with Gasteiger partial charge in [-0.05, 0) is 53.4 Å². The number of methoxy groups -OCH3 is 1. The van der Waals surface area contributed by atoms with E-state index in [-0.39, 0.29) is 6.54 Å². The van der Waals surface area contributed by atoms with Crippen molar-refractivity contribution in [2.45, 2.75) is 12.6 Å². The minimum atomic E-state index is -1.09. The number of nitrogens with one attached hydrogen (secondary N) is 1. The second-order valence-corrected chi connectivity index (χ2v) is 7.13. The van der Waals surface area contributed by atoms with Crippen molar-refractivity contribution in [3.63, 3.8) is 0 Å². The normalized spacial score (nSPS) is 11.0. The summed E-state index contributed by atoms with van der Waals surface area (Å²) in [6, 6.07) is 21.0. The fourth-order valence-corrected chi connectivity index (χ4v) is 3.36. The lowest BCUT2D eigenvalue weighted by Crippen LogP contribution is -2.43. The molecule has 3 N–H and O–H groups in total. The summed E-state index contributed by atoms with van der Waals surface area (Å²) in [6.45, 7) is 0.262. The van der Waals surface area contributed by atoms with E-state index in [1.54, 1.807) is 24.3 Å². The third-order valence-corrected chi connectivity index (χ3v) is 4.95. The van der Waals surface area contributed by atoms with Crippen LogP contribution in [0.1, 0.15) is 27.5 Å². The predicted octanol–water partition coefficient (Wildman–Crippen LogP) is 3.08. The molecule has 0 radical (unpaired) electrons. The second-order valence-electron chi connectivity index (χ2n) is 7.13. The van der Waals surface area contributed by atoms with Gasteiger partial charge in [0, 0.05) is 17.9 Å². The molecule has 0 aliphatic heterocycles. The van der Waals surface area contributed by atoms with Gasteiger partial charge in [-0.1, -0.05) is 42.5 Å². The SMILES string of the molecule is C#CC(=O)N(c1ccc(C(=O)OC)cc1)C(C(=O)NCc1ccccc1)c1cccc(N)c1. The fourth-order valence-electron chi connectivity index (χ4n) is 3.36. The van der Waals surface area contributed by atoms with Gasteiger partial charge in [0.2, 0.25) is 5.91 Å². The first-order valence-electron chi connectivity index (χ1n) is 10.1. The molecule has 0 aromatic heterocycles. The molecule has 7 nitrogen and oxygen atoms in total. The van der Waals surface area contributed by atoms with Gasteiger partial charge in [0.1, 0.15) is 6.04 Å². The van der Waals surface area contributed by atoms with E-state index in [2.05, 4.69) is 11.2 Å². The molecule has 0 aliphatic carbocycles. The molecular weight excluding hydrogens is 418 g/mol. The first kappa shape index (κ1) is 23.1. The summed E-state index contributed by atoms with van der Waals surface area (Å²) < 4.78 is 4.72. The number of anilines is 2. The molecule has 3 rings (SSSR count). The average molecular weight is 441 g/mol. The standard InChI is InChI=1S/C26H23N3O4/c1-3-23(30)29(22-14-12-19(13-15-22)26(32)33-2)24(20-10-7-11-21(27)16-20)25(31)28-17-18-8-5-4-6-9-18/h1,4-16,24H,17,27H2,2H3,(H,28,31). The van der Waals surface area contributed by atoms with Gasteiger partial charge in [-0.2, -0.15) is 0 Å². The summed E-state index contributed by atoms with van der Waals surface area (Å²) in [5.74, 6) is 0.407. The van der Waals surface area contributed by atoms with E-state index in [1.165, 1.54) is 36.3 Å². The molecule has 0 saturated carbocycles. The van der Waals surface area contributed by atoms with E-state index in [9.17, 15) is 14.4 Å². The van der Waals surface area contributed by atoms with E-state index >= 15 is 0 Å². The highest BCUT2D eigenvalue weighted by Gasteiger charge is 2.32. The maximum absolute atomic E-state index is 13.4. The Bertz CT molecular complexity index is 1180. The Morgan fingerprint density at radius 3 is 2.33 bits per heavy atom. The third kappa shape index (κ3) is 5.57. The van der Waals surface area contributed by atoms with Crippen molar-refractivity contribution >= 4 is 29.2 Å². The minimum absolute atomic E-state index is 0.262. The summed E-state index contributed by atoms with van der Waals surface area (Å²) >= 11 is 0. The Balaban J connectivity index is 2.02. The molecule has 0 heterocycles. The van der Waals surface area contributed by atoms with Gasteiger partial charge in [0.15, 0.2) is 0 Å². The molecule has 33 heavy (non-hydrogen) atoms. The topological polar surface area (TPSA) is 102 Å². The van der Waals surface area contributed by atoms with Crippen molar-refractivity contribution in [3.05, 3.63) is 95.6 Å². The molecule has 3 aromatic carbocycles. The van der Waals surface area contributed by atoms with Gasteiger partial charge in [0.25, 0.3) is 0 Å². The van der Waals surface area contributed by atoms with Crippen LogP contribution in [-0.4, -0.2) is 24.9 Å². The van der Waals surface area contributed by atoms with Crippen molar-refractivity contribution in [1.29, 1.82) is 0 Å². The number of terminal acetylenes is 1. The van der Waals surface area contributed by atoms with E-state index in [0.29, 0.717) is 22.5 Å². The molecule has 0 bridgehead atoms. The predicted molar refractivity (Wildman–Crippen MR) is 126 cm³/mol. The highest BCUT2D eigenvalue weighted by molar-refractivity contribution is 6.09. The molecule has 2 amide bonds. The van der Waals surface area contributed by atoms with Crippen LogP contribution < -0.4 is 16.0 Å². The fraction of sp³-hybridized carbons (Fsp3) is 0.115. The largest absolute Gasteiger partial charge is 0.465 e. The zero-order valence-corrected chi connectivity index (χ0v) is 18.0. The van der Waals surface area contributed by atoms with E-state index in [1.807, 2.05) is 30.3 Å². The Morgan fingerprint density at radius 1 is 1.03 bits per heavy atom. The summed E-state index contributed by atoms with van der Waals surface area (Å²) in [4.78, 5) is 39.2. The number of carbonyl (C=O) groups is 3. The number of amides is 2. The van der Waals surface area contributed by atoms with Crippen LogP contribution in [0.5, 0.6) is 0 Å². The Labute approximate surface area is 192 Å². The van der Waals surface area contributed by atoms with Gasteiger partial charge in [-0.3, -0.25) is 14.5 Å². The van der Waals surface area contributed by atoms with E-state index in [0.717, 1.165) is 5.56 Å².